The molecule has 2 fully saturated rings. The number of rotatable bonds is 43. The van der Waals surface area contributed by atoms with E-state index in [-0.39, 0.29) is 18.9 Å². The Kier molecular flexibility index (Phi) is 37.2. The molecule has 0 saturated carbocycles. The molecule has 2 aliphatic heterocycles. The molecule has 1 amide bonds. The largest absolute Gasteiger partial charge is 0.394 e. The van der Waals surface area contributed by atoms with Crippen molar-refractivity contribution >= 4 is 5.91 Å². The van der Waals surface area contributed by atoms with Crippen LogP contribution in [-0.2, 0) is 23.7 Å². The second-order valence-electron chi connectivity index (χ2n) is 19.7. The van der Waals surface area contributed by atoms with Crippen LogP contribution in [0.1, 0.15) is 226 Å². The number of carbonyl (C=O) groups excluding carboxylic acids is 1. The van der Waals surface area contributed by atoms with Crippen molar-refractivity contribution in [1.82, 2.24) is 5.32 Å². The van der Waals surface area contributed by atoms with Crippen LogP contribution in [0.3, 0.4) is 0 Å². The summed E-state index contributed by atoms with van der Waals surface area (Å²) in [6, 6.07) is -0.908. The van der Waals surface area contributed by atoms with E-state index in [2.05, 4.69) is 19.2 Å². The Labute approximate surface area is 406 Å². The molecule has 0 aromatic rings. The predicted octanol–water partition coefficient (Wildman–Crippen LogP) is 7.94. The number of amides is 1. The molecule has 67 heavy (non-hydrogen) atoms. The lowest BCUT2D eigenvalue weighted by atomic mass is 9.97. The number of unbranched alkanes of at least 4 members (excludes halogenated alkanes) is 30. The lowest BCUT2D eigenvalue weighted by Gasteiger charge is -2.46. The van der Waals surface area contributed by atoms with Crippen molar-refractivity contribution in [3.63, 3.8) is 0 Å². The van der Waals surface area contributed by atoms with Gasteiger partial charge in [0, 0.05) is 6.42 Å². The highest BCUT2D eigenvalue weighted by Gasteiger charge is 2.51. The van der Waals surface area contributed by atoms with Gasteiger partial charge in [0.1, 0.15) is 48.8 Å². The maximum Gasteiger partial charge on any atom is 0.220 e. The van der Waals surface area contributed by atoms with Crippen molar-refractivity contribution < 1.29 is 64.6 Å². The molecule has 396 valence electrons. The van der Waals surface area contributed by atoms with Gasteiger partial charge in [-0.1, -0.05) is 212 Å². The normalized spacial score (nSPS) is 26.6. The molecule has 0 bridgehead atoms. The van der Waals surface area contributed by atoms with Crippen LogP contribution in [0.25, 0.3) is 0 Å². The van der Waals surface area contributed by atoms with E-state index >= 15 is 0 Å². The van der Waals surface area contributed by atoms with Crippen LogP contribution in [0.15, 0.2) is 12.2 Å². The molecule has 0 aliphatic carbocycles. The zero-order valence-corrected chi connectivity index (χ0v) is 42.2. The third-order valence-corrected chi connectivity index (χ3v) is 13.7. The summed E-state index contributed by atoms with van der Waals surface area (Å²) < 4.78 is 22.7. The molecule has 2 aliphatic rings. The molecule has 12 unspecified atom stereocenters. The summed E-state index contributed by atoms with van der Waals surface area (Å²) >= 11 is 0. The first-order chi connectivity index (χ1) is 32.6. The topological polar surface area (TPSA) is 228 Å². The minimum absolute atomic E-state index is 0.237. The monoisotopic (exact) mass is 960 g/mol. The van der Waals surface area contributed by atoms with Gasteiger partial charge < -0.3 is 65.1 Å². The Bertz CT molecular complexity index is 1180. The highest BCUT2D eigenvalue weighted by molar-refractivity contribution is 5.76. The Hall–Kier alpha value is -1.27. The highest BCUT2D eigenvalue weighted by atomic mass is 16.7. The van der Waals surface area contributed by atoms with Gasteiger partial charge in [-0.25, -0.2) is 0 Å². The molecule has 2 heterocycles. The first kappa shape index (κ1) is 61.8. The molecular weight excluding hydrogens is 859 g/mol. The second-order valence-corrected chi connectivity index (χ2v) is 19.7. The van der Waals surface area contributed by atoms with Gasteiger partial charge in [0.25, 0.3) is 0 Å². The number of aliphatic hydroxyl groups excluding tert-OH is 8. The Morgan fingerprint density at radius 3 is 1.37 bits per heavy atom. The fourth-order valence-electron chi connectivity index (χ4n) is 9.23. The fourth-order valence-corrected chi connectivity index (χ4v) is 9.23. The van der Waals surface area contributed by atoms with Gasteiger partial charge in [0.15, 0.2) is 12.6 Å². The molecule has 0 radical (unpaired) electrons. The van der Waals surface area contributed by atoms with Crippen LogP contribution >= 0.6 is 0 Å². The van der Waals surface area contributed by atoms with Crippen molar-refractivity contribution in [2.24, 2.45) is 0 Å². The van der Waals surface area contributed by atoms with Crippen molar-refractivity contribution in [1.29, 1.82) is 0 Å². The number of nitrogens with one attached hydrogen (secondary N) is 1. The van der Waals surface area contributed by atoms with Gasteiger partial charge in [-0.3, -0.25) is 4.79 Å². The zero-order valence-electron chi connectivity index (χ0n) is 42.2. The quantitative estimate of drug-likeness (QED) is 0.0209. The number of ether oxygens (including phenoxy) is 4. The summed E-state index contributed by atoms with van der Waals surface area (Å²) in [4.78, 5) is 13.2. The van der Waals surface area contributed by atoms with Crippen LogP contribution in [0, 0.1) is 0 Å². The van der Waals surface area contributed by atoms with Crippen LogP contribution < -0.4 is 5.32 Å². The van der Waals surface area contributed by atoms with Gasteiger partial charge in [-0.05, 0) is 19.3 Å². The second kappa shape index (κ2) is 40.3. The first-order valence-electron chi connectivity index (χ1n) is 27.4. The molecule has 14 nitrogen and oxygen atoms in total. The Morgan fingerprint density at radius 1 is 0.522 bits per heavy atom. The van der Waals surface area contributed by atoms with E-state index < -0.39 is 86.8 Å². The molecule has 12 atom stereocenters. The van der Waals surface area contributed by atoms with E-state index in [9.17, 15) is 45.6 Å². The SMILES string of the molecule is CCCCCCCCCCCCCCCCCCCC/C=C/C(O)C(COC1OC(CO)C(OC2OC(CO)C(O)C(O)C2O)C(O)C1O)NC(=O)CCCCCCCCCCCCCCC. The van der Waals surface area contributed by atoms with Gasteiger partial charge in [-0.15, -0.1) is 0 Å². The molecular formula is C53H101NO13. The average molecular weight is 960 g/mol. The lowest BCUT2D eigenvalue weighted by Crippen LogP contribution is -2.65. The molecule has 0 spiro atoms. The van der Waals surface area contributed by atoms with Crippen molar-refractivity contribution in [3.05, 3.63) is 12.2 Å². The van der Waals surface area contributed by atoms with E-state index in [4.69, 9.17) is 18.9 Å². The number of hydrogen-bond donors (Lipinski definition) is 9. The number of carbonyl (C=O) groups is 1. The summed E-state index contributed by atoms with van der Waals surface area (Å²) in [6.45, 7) is 2.80. The minimum atomic E-state index is -1.78. The molecule has 0 aromatic heterocycles. The standard InChI is InChI=1S/C53H101NO13/c1-3-5-7-9-11-13-15-17-18-19-20-21-22-23-25-26-28-30-32-34-36-42(57)41(54-45(58)37-35-33-31-29-27-24-16-14-12-10-8-6-4-2)40-64-52-50(63)48(61)51(44(39-56)66-52)67-53-49(62)47(60)46(59)43(38-55)65-53/h34,36,41-44,46-53,55-57,59-63H,3-33,35,37-40H2,1-2H3,(H,54,58)/b36-34+. The Balaban J connectivity index is 1.81. The smallest absolute Gasteiger partial charge is 0.220 e. The van der Waals surface area contributed by atoms with E-state index in [1.807, 2.05) is 6.08 Å². The zero-order chi connectivity index (χ0) is 48.9. The third kappa shape index (κ3) is 27.2. The van der Waals surface area contributed by atoms with Crippen LogP contribution in [0.5, 0.6) is 0 Å². The van der Waals surface area contributed by atoms with Crippen molar-refractivity contribution in [3.8, 4) is 0 Å². The summed E-state index contributed by atoms with van der Waals surface area (Å²) in [5.41, 5.74) is 0. The summed E-state index contributed by atoms with van der Waals surface area (Å²) in [7, 11) is 0. The van der Waals surface area contributed by atoms with E-state index in [0.29, 0.717) is 6.42 Å². The number of allylic oxidation sites excluding steroid dienone is 1. The molecule has 9 N–H and O–H groups in total. The average Bonchev–Trinajstić information content (AvgIpc) is 3.32. The molecule has 2 rings (SSSR count). The van der Waals surface area contributed by atoms with Gasteiger partial charge >= 0.3 is 0 Å². The van der Waals surface area contributed by atoms with Crippen molar-refractivity contribution in [2.75, 3.05) is 19.8 Å². The molecule has 0 aromatic carbocycles. The van der Waals surface area contributed by atoms with Gasteiger partial charge in [0.2, 0.25) is 5.91 Å². The predicted molar refractivity (Wildman–Crippen MR) is 263 cm³/mol. The van der Waals surface area contributed by atoms with Crippen LogP contribution in [-0.4, -0.2) is 140 Å². The first-order valence-corrected chi connectivity index (χ1v) is 27.4. The maximum atomic E-state index is 13.2. The summed E-state index contributed by atoms with van der Waals surface area (Å²) in [5.74, 6) is -0.237. The van der Waals surface area contributed by atoms with E-state index in [0.717, 1.165) is 38.5 Å². The summed E-state index contributed by atoms with van der Waals surface area (Å²) in [6.07, 6.45) is 26.8. The number of hydrogen-bond acceptors (Lipinski definition) is 13. The van der Waals surface area contributed by atoms with Crippen molar-refractivity contribution in [2.45, 2.75) is 299 Å². The van der Waals surface area contributed by atoms with Crippen LogP contribution in [0.2, 0.25) is 0 Å². The summed E-state index contributed by atoms with van der Waals surface area (Å²) in [5, 5.41) is 86.9. The van der Waals surface area contributed by atoms with E-state index in [1.54, 1.807) is 6.08 Å². The molecule has 14 heteroatoms. The lowest BCUT2D eigenvalue weighted by molar-refractivity contribution is -0.359. The van der Waals surface area contributed by atoms with Gasteiger partial charge in [-0.2, -0.15) is 0 Å². The third-order valence-electron chi connectivity index (χ3n) is 13.7. The molecule has 2 saturated heterocycles. The number of aliphatic hydroxyl groups is 8. The highest BCUT2D eigenvalue weighted by Crippen LogP contribution is 2.30. The van der Waals surface area contributed by atoms with Crippen LogP contribution in [0.4, 0.5) is 0 Å². The minimum Gasteiger partial charge on any atom is -0.394 e. The Morgan fingerprint density at radius 2 is 0.925 bits per heavy atom. The fraction of sp³-hybridized carbons (Fsp3) is 0.943. The van der Waals surface area contributed by atoms with E-state index in [1.165, 1.54) is 161 Å². The maximum absolute atomic E-state index is 13.2. The van der Waals surface area contributed by atoms with Gasteiger partial charge in [0.05, 0.1) is 32.0 Å².